The number of fused-ring (bicyclic) bond motifs is 5. The molecule has 0 heterocycles. The van der Waals surface area contributed by atoms with Gasteiger partial charge in [0.1, 0.15) is 5.78 Å². The van der Waals surface area contributed by atoms with Crippen molar-refractivity contribution in [3.8, 4) is 0 Å². The first-order chi connectivity index (χ1) is 12.4. The van der Waals surface area contributed by atoms with E-state index in [4.69, 9.17) is 5.73 Å². The fraction of sp³-hybridized carbons (Fsp3) is 0.957. The number of rotatable bonds is 4. The third kappa shape index (κ3) is 2.91. The Bertz CT molecular complexity index is 550. The summed E-state index contributed by atoms with van der Waals surface area (Å²) in [5.41, 5.74) is 6.25. The molecule has 0 aliphatic heterocycles. The van der Waals surface area contributed by atoms with Gasteiger partial charge in [-0.1, -0.05) is 20.8 Å². The molecule has 0 aromatic carbocycles. The molecule has 148 valence electrons. The van der Waals surface area contributed by atoms with Gasteiger partial charge >= 0.3 is 0 Å². The monoisotopic (exact) mass is 377 g/mol. The van der Waals surface area contributed by atoms with Crippen molar-refractivity contribution in [2.75, 3.05) is 12.3 Å². The lowest BCUT2D eigenvalue weighted by molar-refractivity contribution is -0.144. The average Bonchev–Trinajstić information content (AvgIpc) is 2.92. The van der Waals surface area contributed by atoms with Gasteiger partial charge in [-0.15, -0.1) is 0 Å². The fourth-order valence-electron chi connectivity index (χ4n) is 7.95. The van der Waals surface area contributed by atoms with Gasteiger partial charge in [0, 0.05) is 17.1 Å². The molecule has 8 atom stereocenters. The van der Waals surface area contributed by atoms with E-state index >= 15 is 0 Å². The molecule has 4 aliphatic rings. The summed E-state index contributed by atoms with van der Waals surface area (Å²) in [6.07, 6.45) is 11.3. The number of ketones is 1. The van der Waals surface area contributed by atoms with E-state index < -0.39 is 0 Å². The molecule has 0 aromatic rings. The van der Waals surface area contributed by atoms with Gasteiger partial charge in [-0.2, -0.15) is 11.8 Å². The van der Waals surface area contributed by atoms with E-state index in [2.05, 4.69) is 32.5 Å². The minimum atomic E-state index is 0.0271. The first kappa shape index (κ1) is 19.3. The standard InChI is InChI=1S/C23H39NOS/c1-15-13-17-18-5-6-21(25)23(18,3)10-8-19(17)22(2)9-7-16(14-20(15)22)26-12-4-11-24/h15-20H,4-14,24H2,1-3H3/t15?,16?,17-,18-,19+,20?,22+,23-/m0/s1. The second-order valence-electron chi connectivity index (χ2n) is 10.5. The zero-order valence-corrected chi connectivity index (χ0v) is 18.0. The SMILES string of the molecule is CC1C[C@@H]2[C@@H](CC[C@]3(C)C(=O)CC[C@@H]23)[C@@]2(C)CCC(SCCCN)CC12. The maximum absolute atomic E-state index is 12.6. The van der Waals surface area contributed by atoms with Crippen molar-refractivity contribution in [3.63, 3.8) is 0 Å². The zero-order chi connectivity index (χ0) is 18.5. The predicted molar refractivity (Wildman–Crippen MR) is 111 cm³/mol. The van der Waals surface area contributed by atoms with Crippen LogP contribution in [0.15, 0.2) is 0 Å². The molecule has 4 rings (SSSR count). The third-order valence-corrected chi connectivity index (χ3v) is 10.8. The van der Waals surface area contributed by atoms with Crippen LogP contribution < -0.4 is 5.73 Å². The molecule has 4 saturated carbocycles. The summed E-state index contributed by atoms with van der Waals surface area (Å²) < 4.78 is 0. The summed E-state index contributed by atoms with van der Waals surface area (Å²) in [4.78, 5) is 12.6. The molecule has 2 nitrogen and oxygen atoms in total. The Hall–Kier alpha value is -0.0200. The van der Waals surface area contributed by atoms with Gasteiger partial charge in [-0.05, 0) is 98.7 Å². The van der Waals surface area contributed by atoms with Crippen LogP contribution in [0.2, 0.25) is 0 Å². The molecule has 0 saturated heterocycles. The summed E-state index contributed by atoms with van der Waals surface area (Å²) in [7, 11) is 0. The molecule has 0 bridgehead atoms. The summed E-state index contributed by atoms with van der Waals surface area (Å²) in [6.45, 7) is 8.33. The van der Waals surface area contributed by atoms with Crippen LogP contribution in [0, 0.1) is 40.4 Å². The maximum Gasteiger partial charge on any atom is 0.139 e. The summed E-state index contributed by atoms with van der Waals surface area (Å²) in [5.74, 6) is 5.94. The van der Waals surface area contributed by atoms with E-state index in [1.807, 2.05) is 0 Å². The number of hydrogen-bond donors (Lipinski definition) is 1. The molecular weight excluding hydrogens is 338 g/mol. The normalized spacial score (nSPS) is 50.8. The molecule has 4 aliphatic carbocycles. The largest absolute Gasteiger partial charge is 0.330 e. The number of thioether (sulfide) groups is 1. The van der Waals surface area contributed by atoms with Gasteiger partial charge in [-0.25, -0.2) is 0 Å². The van der Waals surface area contributed by atoms with Gasteiger partial charge in [-0.3, -0.25) is 4.79 Å². The van der Waals surface area contributed by atoms with E-state index in [1.54, 1.807) is 0 Å². The van der Waals surface area contributed by atoms with Gasteiger partial charge < -0.3 is 5.73 Å². The highest BCUT2D eigenvalue weighted by molar-refractivity contribution is 7.99. The molecule has 3 heteroatoms. The predicted octanol–water partition coefficient (Wildman–Crippen LogP) is 5.29. The highest BCUT2D eigenvalue weighted by Crippen LogP contribution is 2.67. The third-order valence-electron chi connectivity index (χ3n) is 9.39. The van der Waals surface area contributed by atoms with Gasteiger partial charge in [0.15, 0.2) is 0 Å². The van der Waals surface area contributed by atoms with E-state index in [0.29, 0.717) is 17.1 Å². The van der Waals surface area contributed by atoms with E-state index in [-0.39, 0.29) is 5.41 Å². The van der Waals surface area contributed by atoms with E-state index in [1.165, 1.54) is 50.7 Å². The Morgan fingerprint density at radius 2 is 1.88 bits per heavy atom. The summed E-state index contributed by atoms with van der Waals surface area (Å²) >= 11 is 2.20. The second kappa shape index (κ2) is 7.10. The van der Waals surface area contributed by atoms with Crippen LogP contribution in [0.5, 0.6) is 0 Å². The van der Waals surface area contributed by atoms with Gasteiger partial charge in [0.25, 0.3) is 0 Å². The first-order valence-corrected chi connectivity index (χ1v) is 12.3. The number of nitrogens with two attached hydrogens (primary N) is 1. The Labute approximate surface area is 164 Å². The van der Waals surface area contributed by atoms with Crippen LogP contribution >= 0.6 is 11.8 Å². The average molecular weight is 378 g/mol. The van der Waals surface area contributed by atoms with Crippen LogP contribution in [0.3, 0.4) is 0 Å². The second-order valence-corrected chi connectivity index (χ2v) is 11.9. The van der Waals surface area contributed by atoms with Crippen molar-refractivity contribution in [1.82, 2.24) is 0 Å². The highest BCUT2D eigenvalue weighted by atomic mass is 32.2. The van der Waals surface area contributed by atoms with Crippen LogP contribution in [0.4, 0.5) is 0 Å². The topological polar surface area (TPSA) is 43.1 Å². The quantitative estimate of drug-likeness (QED) is 0.677. The minimum Gasteiger partial charge on any atom is -0.330 e. The Kier molecular flexibility index (Phi) is 5.27. The van der Waals surface area contributed by atoms with Crippen LogP contribution in [-0.4, -0.2) is 23.3 Å². The lowest BCUT2D eigenvalue weighted by atomic mass is 9.43. The zero-order valence-electron chi connectivity index (χ0n) is 17.1. The molecule has 0 aromatic heterocycles. The molecule has 0 spiro atoms. The van der Waals surface area contributed by atoms with Gasteiger partial charge in [0.05, 0.1) is 0 Å². The lowest BCUT2D eigenvalue weighted by Gasteiger charge is -2.62. The highest BCUT2D eigenvalue weighted by Gasteiger charge is 2.61. The van der Waals surface area contributed by atoms with Crippen LogP contribution in [0.1, 0.15) is 78.6 Å². The molecule has 3 unspecified atom stereocenters. The lowest BCUT2D eigenvalue weighted by Crippen LogP contribution is -2.56. The van der Waals surface area contributed by atoms with Crippen LogP contribution in [0.25, 0.3) is 0 Å². The molecule has 2 N–H and O–H groups in total. The van der Waals surface area contributed by atoms with Crippen molar-refractivity contribution in [2.45, 2.75) is 83.8 Å². The number of Topliss-reactive ketones (excluding diaryl/α,β-unsaturated/α-hetero) is 1. The van der Waals surface area contributed by atoms with Crippen molar-refractivity contribution in [3.05, 3.63) is 0 Å². The molecule has 0 radical (unpaired) electrons. The fourth-order valence-corrected chi connectivity index (χ4v) is 9.25. The maximum atomic E-state index is 12.6. The first-order valence-electron chi connectivity index (χ1n) is 11.2. The smallest absolute Gasteiger partial charge is 0.139 e. The molecule has 0 amide bonds. The van der Waals surface area contributed by atoms with Crippen molar-refractivity contribution >= 4 is 17.5 Å². The summed E-state index contributed by atoms with van der Waals surface area (Å²) in [5, 5.41) is 0.862. The molecule has 4 fully saturated rings. The Morgan fingerprint density at radius 1 is 1.08 bits per heavy atom. The minimum absolute atomic E-state index is 0.0271. The summed E-state index contributed by atoms with van der Waals surface area (Å²) in [6, 6.07) is 0. The van der Waals surface area contributed by atoms with E-state index in [0.717, 1.165) is 48.3 Å². The Morgan fingerprint density at radius 3 is 2.65 bits per heavy atom. The van der Waals surface area contributed by atoms with Gasteiger partial charge in [0.2, 0.25) is 0 Å². The molecular formula is C23H39NOS. The van der Waals surface area contributed by atoms with Crippen molar-refractivity contribution < 1.29 is 4.79 Å². The molecule has 26 heavy (non-hydrogen) atoms. The Balaban J connectivity index is 1.51. The van der Waals surface area contributed by atoms with E-state index in [9.17, 15) is 4.79 Å². The van der Waals surface area contributed by atoms with Crippen molar-refractivity contribution in [2.24, 2.45) is 46.2 Å². The number of carbonyl (C=O) groups excluding carboxylic acids is 1. The van der Waals surface area contributed by atoms with Crippen LogP contribution in [-0.2, 0) is 4.79 Å². The van der Waals surface area contributed by atoms with Crippen molar-refractivity contribution in [1.29, 1.82) is 0 Å². The number of carbonyl (C=O) groups is 1. The number of hydrogen-bond acceptors (Lipinski definition) is 3.